The first-order chi connectivity index (χ1) is 11.6. The van der Waals surface area contributed by atoms with Gasteiger partial charge >= 0.3 is 153 Å². The van der Waals surface area contributed by atoms with Gasteiger partial charge in [-0.2, -0.15) is 0 Å². The standard InChI is InChI=1S/C20H17Si.2CH3.Ti/c1-21(2)15-12-11-14(13-15)20-18-9-5-3-7-16(18)17-8-4-6-10-19(17)20;;;/h3-12,20H,1-2H3;2*1H3;. The monoisotopic (exact) mass is 363 g/mol. The van der Waals surface area contributed by atoms with Crippen molar-refractivity contribution < 1.29 is 17.9 Å². The number of allylic oxidation sites excluding steroid dienone is 4. The van der Waals surface area contributed by atoms with Crippen LogP contribution in [0.25, 0.3) is 11.1 Å². The topological polar surface area (TPSA) is 0 Å². The summed E-state index contributed by atoms with van der Waals surface area (Å²) in [5, 5.41) is 6.72. The van der Waals surface area contributed by atoms with Crippen molar-refractivity contribution in [3.63, 3.8) is 0 Å². The van der Waals surface area contributed by atoms with Crippen molar-refractivity contribution in [1.29, 1.82) is 0 Å². The van der Waals surface area contributed by atoms with E-state index in [1.165, 1.54) is 22.3 Å². The number of benzene rings is 2. The molecule has 0 amide bonds. The Balaban J connectivity index is 2.00. The molecular formula is C22H23SiTi. The third kappa shape index (κ3) is 2.42. The Bertz CT molecular complexity index is 866. The van der Waals surface area contributed by atoms with Crippen LogP contribution in [-0.2, 0) is 17.9 Å². The molecule has 0 radical (unpaired) electrons. The van der Waals surface area contributed by atoms with Crippen LogP contribution in [-0.4, -0.2) is 13.6 Å². The Kier molecular flexibility index (Phi) is 4.20. The summed E-state index contributed by atoms with van der Waals surface area (Å²) in [6.45, 7) is 4.87. The van der Waals surface area contributed by atoms with Crippen molar-refractivity contribution in [2.24, 2.45) is 0 Å². The van der Waals surface area contributed by atoms with Gasteiger partial charge in [0.15, 0.2) is 0 Å². The molecule has 0 nitrogen and oxygen atoms in total. The molecule has 2 aliphatic carbocycles. The molecule has 0 bridgehead atoms. The van der Waals surface area contributed by atoms with Crippen LogP contribution in [0.3, 0.4) is 0 Å². The van der Waals surface area contributed by atoms with Crippen molar-refractivity contribution in [3.05, 3.63) is 81.3 Å². The number of rotatable bonds is 2. The van der Waals surface area contributed by atoms with Gasteiger partial charge in [0.25, 0.3) is 0 Å². The van der Waals surface area contributed by atoms with Gasteiger partial charge in [-0.05, 0) is 0 Å². The molecule has 0 heterocycles. The minimum atomic E-state index is -1.16. The first-order valence-corrected chi connectivity index (χ1v) is 15.1. The Morgan fingerprint density at radius 1 is 0.792 bits per heavy atom. The summed E-state index contributed by atoms with van der Waals surface area (Å²) in [5.41, 5.74) is 7.46. The molecule has 119 valence electrons. The number of hydrogen-bond acceptors (Lipinski definition) is 0. The second kappa shape index (κ2) is 6.22. The van der Waals surface area contributed by atoms with Crippen LogP contribution in [0.5, 0.6) is 0 Å². The first kappa shape index (κ1) is 16.2. The molecule has 0 spiro atoms. The van der Waals surface area contributed by atoms with Crippen molar-refractivity contribution in [2.75, 3.05) is 0 Å². The molecule has 2 heteroatoms. The van der Waals surface area contributed by atoms with Crippen LogP contribution in [0.4, 0.5) is 0 Å². The Morgan fingerprint density at radius 2 is 1.33 bits per heavy atom. The van der Waals surface area contributed by atoms with Crippen LogP contribution < -0.4 is 0 Å². The third-order valence-corrected chi connectivity index (χ3v) is 9.49. The zero-order chi connectivity index (χ0) is 16.8. The van der Waals surface area contributed by atoms with Gasteiger partial charge in [-0.3, -0.25) is 0 Å². The molecule has 0 saturated carbocycles. The van der Waals surface area contributed by atoms with Gasteiger partial charge in [-0.1, -0.05) is 0 Å². The Morgan fingerprint density at radius 3 is 1.83 bits per heavy atom. The van der Waals surface area contributed by atoms with E-state index in [0.717, 1.165) is 0 Å². The van der Waals surface area contributed by atoms with Crippen molar-refractivity contribution in [3.8, 4) is 11.1 Å². The predicted molar refractivity (Wildman–Crippen MR) is 104 cm³/mol. The third-order valence-electron chi connectivity index (χ3n) is 5.17. The van der Waals surface area contributed by atoms with Crippen LogP contribution in [0.15, 0.2) is 70.1 Å². The van der Waals surface area contributed by atoms with E-state index in [9.17, 15) is 0 Å². The van der Waals surface area contributed by atoms with Gasteiger partial charge in [0, 0.05) is 0 Å². The van der Waals surface area contributed by atoms with E-state index >= 15 is 0 Å². The van der Waals surface area contributed by atoms with Crippen LogP contribution in [0.2, 0.25) is 23.6 Å². The maximum absolute atomic E-state index is 2.51. The Hall–Kier alpha value is -1.28. The summed E-state index contributed by atoms with van der Waals surface area (Å²) in [7, 11) is -0.406. The van der Waals surface area contributed by atoms with E-state index < -0.39 is 26.3 Å². The summed E-state index contributed by atoms with van der Waals surface area (Å²) >= 11 is -1.16. The van der Waals surface area contributed by atoms with Gasteiger partial charge in [0.05, 0.1) is 0 Å². The molecule has 0 unspecified atom stereocenters. The van der Waals surface area contributed by atoms with Crippen molar-refractivity contribution >= 4 is 13.6 Å². The average molecular weight is 363 g/mol. The van der Waals surface area contributed by atoms with Crippen molar-refractivity contribution in [1.82, 2.24) is 0 Å². The van der Waals surface area contributed by atoms with E-state index in [2.05, 4.69) is 84.2 Å². The van der Waals surface area contributed by atoms with Gasteiger partial charge in [-0.15, -0.1) is 0 Å². The summed E-state index contributed by atoms with van der Waals surface area (Å²) < 4.78 is 1.77. The second-order valence-electron chi connectivity index (χ2n) is 7.18. The molecule has 2 aromatic carbocycles. The SMILES string of the molecule is C[Si](C)=C1C=CC(C2c3ccccc3-c3ccccc32)=[C]1[Ti]([CH3])[CH3]. The van der Waals surface area contributed by atoms with Gasteiger partial charge < -0.3 is 0 Å². The van der Waals surface area contributed by atoms with E-state index in [1.807, 2.05) is 0 Å². The molecule has 24 heavy (non-hydrogen) atoms. The molecule has 0 aromatic heterocycles. The second-order valence-corrected chi connectivity index (χ2v) is 13.6. The van der Waals surface area contributed by atoms with E-state index in [-0.39, 0.29) is 0 Å². The molecule has 0 atom stereocenters. The zero-order valence-corrected chi connectivity index (χ0v) is 17.4. The fraction of sp³-hybridized carbons (Fsp3) is 0.227. The first-order valence-electron chi connectivity index (χ1n) is 8.68. The van der Waals surface area contributed by atoms with E-state index in [1.54, 1.807) is 14.6 Å². The molecule has 2 aliphatic rings. The van der Waals surface area contributed by atoms with Crippen LogP contribution >= 0.6 is 0 Å². The van der Waals surface area contributed by atoms with E-state index in [0.29, 0.717) is 5.92 Å². The van der Waals surface area contributed by atoms with E-state index in [4.69, 9.17) is 0 Å². The quantitative estimate of drug-likeness (QED) is 0.588. The minimum absolute atomic E-state index is 0.406. The summed E-state index contributed by atoms with van der Waals surface area (Å²) in [6.07, 6.45) is 4.90. The van der Waals surface area contributed by atoms with Crippen LogP contribution in [0.1, 0.15) is 17.0 Å². The van der Waals surface area contributed by atoms with Gasteiger partial charge in [-0.25, -0.2) is 0 Å². The molecule has 0 N–H and O–H groups in total. The maximum atomic E-state index is 2.51. The molecule has 4 rings (SSSR count). The molecule has 0 fully saturated rings. The fourth-order valence-electron chi connectivity index (χ4n) is 4.20. The zero-order valence-electron chi connectivity index (χ0n) is 14.9. The van der Waals surface area contributed by atoms with Gasteiger partial charge in [0.1, 0.15) is 0 Å². The molecule has 0 aliphatic heterocycles. The van der Waals surface area contributed by atoms with Crippen molar-refractivity contribution in [2.45, 2.75) is 29.5 Å². The summed E-state index contributed by atoms with van der Waals surface area (Å²) in [6, 6.07) is 18.0. The summed E-state index contributed by atoms with van der Waals surface area (Å²) in [5.74, 6) is 0.435. The molecule has 0 saturated heterocycles. The summed E-state index contributed by atoms with van der Waals surface area (Å²) in [4.78, 5) is 0. The molecule has 2 aromatic rings. The Labute approximate surface area is 153 Å². The number of fused-ring (bicyclic) bond motifs is 3. The van der Waals surface area contributed by atoms with Gasteiger partial charge in [0.2, 0.25) is 0 Å². The predicted octanol–water partition coefficient (Wildman–Crippen LogP) is 5.85. The normalized spacial score (nSPS) is 15.8. The molecular weight excluding hydrogens is 340 g/mol. The fourth-order valence-corrected chi connectivity index (χ4v) is 9.69. The van der Waals surface area contributed by atoms with Crippen LogP contribution in [0, 0.1) is 0 Å². The average Bonchev–Trinajstić information content (AvgIpc) is 3.13. The number of hydrogen-bond donors (Lipinski definition) is 0.